The number of aromatic nitrogens is 1. The van der Waals surface area contributed by atoms with E-state index in [-0.39, 0.29) is 5.82 Å². The fourth-order valence-electron chi connectivity index (χ4n) is 3.25. The summed E-state index contributed by atoms with van der Waals surface area (Å²) in [6.07, 6.45) is 0. The van der Waals surface area contributed by atoms with Gasteiger partial charge in [-0.25, -0.2) is 4.98 Å². The van der Waals surface area contributed by atoms with Gasteiger partial charge in [-0.15, -0.1) is 0 Å². The topological polar surface area (TPSA) is 81.2 Å². The summed E-state index contributed by atoms with van der Waals surface area (Å²) in [4.78, 5) is 4.45. The molecule has 0 aliphatic heterocycles. The van der Waals surface area contributed by atoms with Crippen LogP contribution in [0.2, 0.25) is 0 Å². The van der Waals surface area contributed by atoms with Crippen molar-refractivity contribution in [2.75, 3.05) is 12.8 Å². The van der Waals surface area contributed by atoms with Crippen LogP contribution in [0.4, 0.5) is 5.82 Å². The molecule has 4 rings (SSSR count). The van der Waals surface area contributed by atoms with Gasteiger partial charge in [-0.2, -0.15) is 5.26 Å². The van der Waals surface area contributed by atoms with Crippen LogP contribution in [0.1, 0.15) is 5.56 Å². The van der Waals surface area contributed by atoms with Gasteiger partial charge in [0.25, 0.3) is 0 Å². The van der Waals surface area contributed by atoms with E-state index >= 15 is 0 Å². The van der Waals surface area contributed by atoms with Crippen molar-refractivity contribution in [2.45, 2.75) is 0 Å². The molecule has 4 aromatic rings. The number of halogens is 1. The molecule has 0 unspecified atom stereocenters. The summed E-state index contributed by atoms with van der Waals surface area (Å²) in [5.74, 6) is 2.29. The number of nitrogens with two attached hydrogens (primary N) is 1. The summed E-state index contributed by atoms with van der Waals surface area (Å²) in [7, 11) is 1.59. The Hall–Kier alpha value is -3.82. The Kier molecular flexibility index (Phi) is 5.87. The van der Waals surface area contributed by atoms with E-state index in [4.69, 9.17) is 15.2 Å². The van der Waals surface area contributed by atoms with Gasteiger partial charge in [-0.05, 0) is 60.7 Å². The van der Waals surface area contributed by atoms with Crippen molar-refractivity contribution in [3.05, 3.63) is 88.9 Å². The van der Waals surface area contributed by atoms with Gasteiger partial charge in [0, 0.05) is 21.2 Å². The quantitative estimate of drug-likeness (QED) is 0.362. The first-order valence-corrected chi connectivity index (χ1v) is 10.3. The number of nitrogen functional groups attached to an aromatic ring is 1. The van der Waals surface area contributed by atoms with E-state index < -0.39 is 0 Å². The van der Waals surface area contributed by atoms with E-state index in [1.165, 1.54) is 0 Å². The normalized spacial score (nSPS) is 10.4. The molecule has 0 aliphatic rings. The predicted molar refractivity (Wildman–Crippen MR) is 125 cm³/mol. The molecule has 0 radical (unpaired) electrons. The Bertz CT molecular complexity index is 1270. The van der Waals surface area contributed by atoms with Crippen LogP contribution in [0.15, 0.2) is 83.3 Å². The van der Waals surface area contributed by atoms with E-state index in [2.05, 4.69) is 27.0 Å². The molecule has 5 nitrogen and oxygen atoms in total. The van der Waals surface area contributed by atoms with Crippen LogP contribution < -0.4 is 15.2 Å². The van der Waals surface area contributed by atoms with Gasteiger partial charge < -0.3 is 15.2 Å². The van der Waals surface area contributed by atoms with Gasteiger partial charge in [0.2, 0.25) is 0 Å². The lowest BCUT2D eigenvalue weighted by Crippen LogP contribution is -2.00. The highest BCUT2D eigenvalue weighted by molar-refractivity contribution is 9.10. The summed E-state index contributed by atoms with van der Waals surface area (Å²) in [6, 6.07) is 26.8. The number of nitriles is 1. The second-order valence-electron chi connectivity index (χ2n) is 6.71. The molecule has 0 saturated heterocycles. The molecule has 1 heterocycles. The molecule has 0 saturated carbocycles. The standard InChI is InChI=1S/C25H18BrN3O2/c1-30-24-12-9-17(26)13-21(24)20-14-23(29-25(28)22(20)15-27)16-7-10-19(11-8-16)31-18-5-3-2-4-6-18/h2-14H,1H3,(H2,28,29). The summed E-state index contributed by atoms with van der Waals surface area (Å²) < 4.78 is 12.2. The maximum Gasteiger partial charge on any atom is 0.142 e. The maximum atomic E-state index is 9.69. The number of hydrogen-bond donors (Lipinski definition) is 1. The number of rotatable bonds is 5. The van der Waals surface area contributed by atoms with E-state index in [1.54, 1.807) is 7.11 Å². The molecule has 3 aromatic carbocycles. The van der Waals surface area contributed by atoms with Crippen molar-refractivity contribution in [1.82, 2.24) is 4.98 Å². The Morgan fingerprint density at radius 1 is 0.903 bits per heavy atom. The molecule has 0 amide bonds. The van der Waals surface area contributed by atoms with Crippen LogP contribution >= 0.6 is 15.9 Å². The Balaban J connectivity index is 1.75. The number of pyridine rings is 1. The number of para-hydroxylation sites is 1. The van der Waals surface area contributed by atoms with Crippen molar-refractivity contribution >= 4 is 21.7 Å². The molecular weight excluding hydrogens is 454 g/mol. The van der Waals surface area contributed by atoms with Gasteiger partial charge in [0.15, 0.2) is 0 Å². The van der Waals surface area contributed by atoms with Crippen LogP contribution in [0.25, 0.3) is 22.4 Å². The highest BCUT2D eigenvalue weighted by Gasteiger charge is 2.17. The molecule has 0 bridgehead atoms. The zero-order chi connectivity index (χ0) is 21.8. The molecule has 152 valence electrons. The highest BCUT2D eigenvalue weighted by Crippen LogP contribution is 2.38. The summed E-state index contributed by atoms with van der Waals surface area (Å²) in [6.45, 7) is 0. The molecule has 0 spiro atoms. The molecule has 0 fully saturated rings. The molecular formula is C25H18BrN3O2. The van der Waals surface area contributed by atoms with Gasteiger partial charge in [-0.1, -0.05) is 34.1 Å². The lowest BCUT2D eigenvalue weighted by molar-refractivity contribution is 0.416. The number of methoxy groups -OCH3 is 1. The number of anilines is 1. The lowest BCUT2D eigenvalue weighted by Gasteiger charge is -2.14. The first kappa shape index (κ1) is 20.5. The Morgan fingerprint density at radius 3 is 2.29 bits per heavy atom. The molecule has 31 heavy (non-hydrogen) atoms. The minimum atomic E-state index is 0.168. The monoisotopic (exact) mass is 471 g/mol. The Labute approximate surface area is 188 Å². The third-order valence-electron chi connectivity index (χ3n) is 4.74. The van der Waals surface area contributed by atoms with E-state index in [9.17, 15) is 5.26 Å². The van der Waals surface area contributed by atoms with E-state index in [0.717, 1.165) is 21.3 Å². The molecule has 0 atom stereocenters. The van der Waals surface area contributed by atoms with Crippen molar-refractivity contribution in [3.63, 3.8) is 0 Å². The van der Waals surface area contributed by atoms with Crippen LogP contribution in [-0.4, -0.2) is 12.1 Å². The van der Waals surface area contributed by atoms with Crippen molar-refractivity contribution < 1.29 is 9.47 Å². The lowest BCUT2D eigenvalue weighted by atomic mass is 9.97. The summed E-state index contributed by atoms with van der Waals surface area (Å²) in [5, 5.41) is 9.69. The number of ether oxygens (including phenoxy) is 2. The summed E-state index contributed by atoms with van der Waals surface area (Å²) in [5.41, 5.74) is 9.39. The van der Waals surface area contributed by atoms with E-state index in [1.807, 2.05) is 78.9 Å². The van der Waals surface area contributed by atoms with Crippen molar-refractivity contribution in [1.29, 1.82) is 5.26 Å². The summed E-state index contributed by atoms with van der Waals surface area (Å²) >= 11 is 3.49. The zero-order valence-electron chi connectivity index (χ0n) is 16.7. The second kappa shape index (κ2) is 8.90. The van der Waals surface area contributed by atoms with Crippen LogP contribution in [0.3, 0.4) is 0 Å². The van der Waals surface area contributed by atoms with Crippen molar-refractivity contribution in [3.8, 4) is 45.7 Å². The van der Waals surface area contributed by atoms with Gasteiger partial charge in [0.1, 0.15) is 34.7 Å². The minimum absolute atomic E-state index is 0.168. The van der Waals surface area contributed by atoms with E-state index in [0.29, 0.717) is 28.3 Å². The average molecular weight is 472 g/mol. The molecule has 1 aromatic heterocycles. The zero-order valence-corrected chi connectivity index (χ0v) is 18.3. The average Bonchev–Trinajstić information content (AvgIpc) is 2.79. The van der Waals surface area contributed by atoms with Gasteiger partial charge in [-0.3, -0.25) is 0 Å². The van der Waals surface area contributed by atoms with Crippen LogP contribution in [-0.2, 0) is 0 Å². The van der Waals surface area contributed by atoms with Gasteiger partial charge >= 0.3 is 0 Å². The van der Waals surface area contributed by atoms with Crippen molar-refractivity contribution in [2.24, 2.45) is 0 Å². The third-order valence-corrected chi connectivity index (χ3v) is 5.23. The SMILES string of the molecule is COc1ccc(Br)cc1-c1cc(-c2ccc(Oc3ccccc3)cc2)nc(N)c1C#N. The predicted octanol–water partition coefficient (Wildman–Crippen LogP) is 6.43. The first-order valence-electron chi connectivity index (χ1n) is 9.47. The third kappa shape index (κ3) is 4.37. The largest absolute Gasteiger partial charge is 0.496 e. The van der Waals surface area contributed by atoms with Gasteiger partial charge in [0.05, 0.1) is 12.8 Å². The first-order chi connectivity index (χ1) is 15.1. The smallest absolute Gasteiger partial charge is 0.142 e. The molecule has 2 N–H and O–H groups in total. The van der Waals surface area contributed by atoms with Crippen LogP contribution in [0.5, 0.6) is 17.2 Å². The fraction of sp³-hybridized carbons (Fsp3) is 0.0400. The second-order valence-corrected chi connectivity index (χ2v) is 7.63. The molecule has 6 heteroatoms. The maximum absolute atomic E-state index is 9.69. The molecule has 0 aliphatic carbocycles. The minimum Gasteiger partial charge on any atom is -0.496 e. The highest BCUT2D eigenvalue weighted by atomic mass is 79.9. The van der Waals surface area contributed by atoms with Crippen LogP contribution in [0, 0.1) is 11.3 Å². The number of hydrogen-bond acceptors (Lipinski definition) is 5. The number of nitrogens with zero attached hydrogens (tertiary/aromatic N) is 2. The number of benzene rings is 3. The fourth-order valence-corrected chi connectivity index (χ4v) is 3.61. The Morgan fingerprint density at radius 2 is 1.61 bits per heavy atom.